The lowest BCUT2D eigenvalue weighted by Gasteiger charge is -2.43. The van der Waals surface area contributed by atoms with Crippen LogP contribution in [-0.4, -0.2) is 34.6 Å². The first kappa shape index (κ1) is 14.1. The Morgan fingerprint density at radius 3 is 3.00 bits per heavy atom. The van der Waals surface area contributed by atoms with E-state index in [1.807, 2.05) is 17.9 Å². The quantitative estimate of drug-likeness (QED) is 0.918. The van der Waals surface area contributed by atoms with Gasteiger partial charge in [0.2, 0.25) is 0 Å². The van der Waals surface area contributed by atoms with Gasteiger partial charge >= 0.3 is 0 Å². The van der Waals surface area contributed by atoms with Gasteiger partial charge in [0.05, 0.1) is 11.8 Å². The highest BCUT2D eigenvalue weighted by atomic mass is 16.5. The van der Waals surface area contributed by atoms with Crippen molar-refractivity contribution in [1.82, 2.24) is 15.1 Å². The Bertz CT molecular complexity index is 418. The van der Waals surface area contributed by atoms with Gasteiger partial charge in [-0.1, -0.05) is 19.3 Å². The molecule has 20 heavy (non-hydrogen) atoms. The maximum Gasteiger partial charge on any atom is 0.0697 e. The van der Waals surface area contributed by atoms with E-state index in [0.29, 0.717) is 6.04 Å². The van der Waals surface area contributed by atoms with Gasteiger partial charge in [0.15, 0.2) is 0 Å². The van der Waals surface area contributed by atoms with Gasteiger partial charge < -0.3 is 10.1 Å². The second-order valence-corrected chi connectivity index (χ2v) is 6.51. The van der Waals surface area contributed by atoms with E-state index in [2.05, 4.69) is 16.6 Å². The largest absolute Gasteiger partial charge is 0.375 e. The number of aromatic nitrogens is 2. The SMILES string of the molecule is Cn1cc(CCNC2CCOC3(CCCCC3)C2)cn1. The fourth-order valence-electron chi connectivity index (χ4n) is 3.77. The third kappa shape index (κ3) is 3.41. The van der Waals surface area contributed by atoms with E-state index >= 15 is 0 Å². The lowest BCUT2D eigenvalue weighted by Crippen LogP contribution is -2.48. The predicted molar refractivity (Wildman–Crippen MR) is 79.7 cm³/mol. The van der Waals surface area contributed by atoms with Gasteiger partial charge in [0.25, 0.3) is 0 Å². The molecule has 1 aliphatic carbocycles. The highest BCUT2D eigenvalue weighted by Gasteiger charge is 2.38. The van der Waals surface area contributed by atoms with Crippen LogP contribution >= 0.6 is 0 Å². The summed E-state index contributed by atoms with van der Waals surface area (Å²) in [6, 6.07) is 0.638. The normalized spacial score (nSPS) is 25.9. The number of hydrogen-bond donors (Lipinski definition) is 1. The monoisotopic (exact) mass is 277 g/mol. The molecule has 1 aliphatic heterocycles. The zero-order chi connectivity index (χ0) is 13.8. The molecular weight excluding hydrogens is 250 g/mol. The summed E-state index contributed by atoms with van der Waals surface area (Å²) in [7, 11) is 1.97. The number of aryl methyl sites for hydroxylation is 1. The first-order valence-electron chi connectivity index (χ1n) is 8.11. The van der Waals surface area contributed by atoms with Crippen molar-refractivity contribution in [2.75, 3.05) is 13.2 Å². The molecule has 0 amide bonds. The maximum atomic E-state index is 6.15. The van der Waals surface area contributed by atoms with Crippen LogP contribution in [0, 0.1) is 0 Å². The van der Waals surface area contributed by atoms with Crippen LogP contribution in [-0.2, 0) is 18.2 Å². The van der Waals surface area contributed by atoms with Crippen LogP contribution in [0.2, 0.25) is 0 Å². The Labute approximate surface area is 121 Å². The highest BCUT2D eigenvalue weighted by Crippen LogP contribution is 2.38. The van der Waals surface area contributed by atoms with Gasteiger partial charge in [-0.2, -0.15) is 5.10 Å². The van der Waals surface area contributed by atoms with Gasteiger partial charge in [-0.15, -0.1) is 0 Å². The summed E-state index contributed by atoms with van der Waals surface area (Å²) in [6.07, 6.45) is 14.1. The minimum atomic E-state index is 0.211. The van der Waals surface area contributed by atoms with Crippen molar-refractivity contribution < 1.29 is 4.74 Å². The molecule has 1 saturated heterocycles. The molecule has 2 fully saturated rings. The summed E-state index contributed by atoms with van der Waals surface area (Å²) in [5, 5.41) is 7.95. The Hall–Kier alpha value is -0.870. The summed E-state index contributed by atoms with van der Waals surface area (Å²) in [5.74, 6) is 0. The molecule has 1 atom stereocenters. The van der Waals surface area contributed by atoms with Crippen LogP contribution in [0.15, 0.2) is 12.4 Å². The molecule has 1 unspecified atom stereocenters. The van der Waals surface area contributed by atoms with E-state index in [0.717, 1.165) is 26.0 Å². The summed E-state index contributed by atoms with van der Waals surface area (Å²) < 4.78 is 8.03. The highest BCUT2D eigenvalue weighted by molar-refractivity contribution is 5.04. The summed E-state index contributed by atoms with van der Waals surface area (Å²) in [4.78, 5) is 0. The summed E-state index contributed by atoms with van der Waals surface area (Å²) >= 11 is 0. The van der Waals surface area contributed by atoms with Crippen molar-refractivity contribution in [1.29, 1.82) is 0 Å². The molecule has 0 aromatic carbocycles. The average molecular weight is 277 g/mol. The first-order chi connectivity index (χ1) is 9.76. The van der Waals surface area contributed by atoms with Crippen molar-refractivity contribution >= 4 is 0 Å². The topological polar surface area (TPSA) is 39.1 Å². The van der Waals surface area contributed by atoms with Gasteiger partial charge in [0, 0.05) is 25.9 Å². The van der Waals surface area contributed by atoms with Crippen LogP contribution in [0.3, 0.4) is 0 Å². The second kappa shape index (κ2) is 6.27. The zero-order valence-corrected chi connectivity index (χ0v) is 12.6. The second-order valence-electron chi connectivity index (χ2n) is 6.51. The van der Waals surface area contributed by atoms with Crippen LogP contribution in [0.1, 0.15) is 50.5 Å². The van der Waals surface area contributed by atoms with Gasteiger partial charge in [0.1, 0.15) is 0 Å². The van der Waals surface area contributed by atoms with Crippen LogP contribution in [0.4, 0.5) is 0 Å². The molecule has 2 heterocycles. The van der Waals surface area contributed by atoms with E-state index in [1.54, 1.807) is 0 Å². The van der Waals surface area contributed by atoms with Gasteiger partial charge in [-0.05, 0) is 44.2 Å². The predicted octanol–water partition coefficient (Wildman–Crippen LogP) is 2.43. The van der Waals surface area contributed by atoms with Crippen LogP contribution < -0.4 is 5.32 Å². The molecule has 112 valence electrons. The van der Waals surface area contributed by atoms with E-state index < -0.39 is 0 Å². The van der Waals surface area contributed by atoms with Gasteiger partial charge in [-0.3, -0.25) is 4.68 Å². The molecule has 1 N–H and O–H groups in total. The standard InChI is InChI=1S/C16H27N3O/c1-19-13-14(12-18-19)5-9-17-15-6-10-20-16(11-15)7-3-2-4-8-16/h12-13,15,17H,2-11H2,1H3. The van der Waals surface area contributed by atoms with E-state index in [9.17, 15) is 0 Å². The minimum Gasteiger partial charge on any atom is -0.375 e. The fraction of sp³-hybridized carbons (Fsp3) is 0.812. The number of rotatable bonds is 4. The maximum absolute atomic E-state index is 6.15. The van der Waals surface area contributed by atoms with E-state index in [-0.39, 0.29) is 5.60 Å². The molecule has 1 aromatic rings. The molecule has 0 radical (unpaired) electrons. The first-order valence-corrected chi connectivity index (χ1v) is 8.11. The third-order valence-corrected chi connectivity index (χ3v) is 4.86. The molecule has 1 saturated carbocycles. The molecule has 4 nitrogen and oxygen atoms in total. The Morgan fingerprint density at radius 1 is 1.40 bits per heavy atom. The number of ether oxygens (including phenoxy) is 1. The number of nitrogens with zero attached hydrogens (tertiary/aromatic N) is 2. The van der Waals surface area contributed by atoms with Crippen LogP contribution in [0.5, 0.6) is 0 Å². The van der Waals surface area contributed by atoms with Crippen LogP contribution in [0.25, 0.3) is 0 Å². The molecule has 4 heteroatoms. The lowest BCUT2D eigenvalue weighted by molar-refractivity contribution is -0.109. The van der Waals surface area contributed by atoms with E-state index in [4.69, 9.17) is 4.74 Å². The van der Waals surface area contributed by atoms with Crippen molar-refractivity contribution in [3.63, 3.8) is 0 Å². The van der Waals surface area contributed by atoms with Crippen molar-refractivity contribution in [3.05, 3.63) is 18.0 Å². The molecule has 0 bridgehead atoms. The van der Waals surface area contributed by atoms with E-state index in [1.165, 1.54) is 44.1 Å². The molecule has 2 aliphatic rings. The smallest absolute Gasteiger partial charge is 0.0697 e. The molecule has 1 aromatic heterocycles. The minimum absolute atomic E-state index is 0.211. The Balaban J connectivity index is 1.45. The lowest BCUT2D eigenvalue weighted by atomic mass is 9.78. The van der Waals surface area contributed by atoms with Crippen molar-refractivity contribution in [2.24, 2.45) is 7.05 Å². The molecular formula is C16H27N3O. The molecule has 3 rings (SSSR count). The van der Waals surface area contributed by atoms with Crippen molar-refractivity contribution in [3.8, 4) is 0 Å². The number of hydrogen-bond acceptors (Lipinski definition) is 3. The Kier molecular flexibility index (Phi) is 4.41. The summed E-state index contributed by atoms with van der Waals surface area (Å²) in [6.45, 7) is 1.98. The zero-order valence-electron chi connectivity index (χ0n) is 12.6. The average Bonchev–Trinajstić information content (AvgIpc) is 2.86. The van der Waals surface area contributed by atoms with Crippen molar-refractivity contribution in [2.45, 2.75) is 63.0 Å². The fourth-order valence-corrected chi connectivity index (χ4v) is 3.77. The third-order valence-electron chi connectivity index (χ3n) is 4.86. The number of nitrogens with one attached hydrogen (secondary N) is 1. The van der Waals surface area contributed by atoms with Gasteiger partial charge in [-0.25, -0.2) is 0 Å². The summed E-state index contributed by atoms with van der Waals surface area (Å²) in [5.41, 5.74) is 1.53. The Morgan fingerprint density at radius 2 is 2.25 bits per heavy atom. The molecule has 1 spiro atoms.